The highest BCUT2D eigenvalue weighted by atomic mass is 19.1. The fraction of sp³-hybridized carbons (Fsp3) is 0.346. The van der Waals surface area contributed by atoms with Crippen LogP contribution >= 0.6 is 0 Å². The third kappa shape index (κ3) is 3.64. The molecule has 36 heavy (non-hydrogen) atoms. The summed E-state index contributed by atoms with van der Waals surface area (Å²) >= 11 is 0. The van der Waals surface area contributed by atoms with Crippen molar-refractivity contribution < 1.29 is 15.6 Å². The van der Waals surface area contributed by atoms with E-state index >= 15 is 0 Å². The standard InChI is InChI=1S/C26H26FN7O2/c27-21-2-1-3-22(35)20(21)12-34-17-8-18(34)11-33(10-17)23-5-4-15(9-29-23)24-19-6-7-28-25(19)32-26(31-24)30-16-13-36-14-16/h1-7,9,16-18,35H,8,10-14H2,(H2,28,30,31,32)/i7D. The normalized spacial score (nSPS) is 22.2. The number of rotatable bonds is 6. The van der Waals surface area contributed by atoms with Gasteiger partial charge in [0.15, 0.2) is 0 Å². The molecule has 0 aliphatic carbocycles. The van der Waals surface area contributed by atoms with E-state index in [0.717, 1.165) is 42.0 Å². The van der Waals surface area contributed by atoms with Crippen LogP contribution in [0.1, 0.15) is 13.4 Å². The van der Waals surface area contributed by atoms with Gasteiger partial charge in [-0.25, -0.2) is 14.4 Å². The van der Waals surface area contributed by atoms with Gasteiger partial charge in [-0.1, -0.05) is 6.07 Å². The lowest BCUT2D eigenvalue weighted by molar-refractivity contribution is -0.00996. The SMILES string of the molecule is [2H]c1cc2c(-c3ccc(N4CC5CC(C4)N5Cc4c(O)cccc4F)nc3)nc(NC3COC3)nc2[nH]1. The Hall–Kier alpha value is -3.76. The van der Waals surface area contributed by atoms with Crippen LogP contribution in [-0.4, -0.2) is 74.4 Å². The van der Waals surface area contributed by atoms with Gasteiger partial charge in [-0.2, -0.15) is 4.98 Å². The van der Waals surface area contributed by atoms with Gasteiger partial charge in [-0.3, -0.25) is 4.90 Å². The number of nitrogens with zero attached hydrogens (tertiary/aromatic N) is 5. The molecule has 4 aliphatic rings. The second-order valence-corrected chi connectivity index (χ2v) is 9.71. The van der Waals surface area contributed by atoms with E-state index in [1.54, 1.807) is 6.07 Å². The zero-order valence-electron chi connectivity index (χ0n) is 20.5. The number of fused-ring (bicyclic) bond motifs is 3. The number of phenols is 1. The number of nitrogens with one attached hydrogen (secondary N) is 2. The minimum Gasteiger partial charge on any atom is -0.508 e. The number of phenolic OH excluding ortho intramolecular Hbond substituents is 1. The van der Waals surface area contributed by atoms with E-state index in [1.165, 1.54) is 18.2 Å². The van der Waals surface area contributed by atoms with Crippen LogP contribution in [0, 0.1) is 5.82 Å². The summed E-state index contributed by atoms with van der Waals surface area (Å²) in [6.07, 6.45) is 3.16. The largest absolute Gasteiger partial charge is 0.508 e. The zero-order valence-corrected chi connectivity index (χ0v) is 19.5. The van der Waals surface area contributed by atoms with Crippen LogP contribution in [0.3, 0.4) is 0 Å². The van der Waals surface area contributed by atoms with Gasteiger partial charge >= 0.3 is 0 Å². The number of H-pyrrole nitrogens is 1. The second-order valence-electron chi connectivity index (χ2n) is 9.71. The number of hydrogen-bond acceptors (Lipinski definition) is 8. The Balaban J connectivity index is 1.09. The van der Waals surface area contributed by atoms with Crippen molar-refractivity contribution in [2.75, 3.05) is 36.5 Å². The average Bonchev–Trinajstić information content (AvgIpc) is 3.25. The Morgan fingerprint density at radius 2 is 2.03 bits per heavy atom. The maximum absolute atomic E-state index is 14.2. The first-order valence-corrected chi connectivity index (χ1v) is 12.2. The smallest absolute Gasteiger partial charge is 0.225 e. The van der Waals surface area contributed by atoms with Crippen molar-refractivity contribution >= 4 is 22.8 Å². The molecule has 3 N–H and O–H groups in total. The molecule has 4 aromatic rings. The number of aromatic nitrogens is 4. The molecule has 0 radical (unpaired) electrons. The number of hydrogen-bond donors (Lipinski definition) is 3. The van der Waals surface area contributed by atoms with E-state index in [1.807, 2.05) is 18.3 Å². The van der Waals surface area contributed by atoms with Crippen LogP contribution in [-0.2, 0) is 11.3 Å². The summed E-state index contributed by atoms with van der Waals surface area (Å²) in [6.45, 7) is 3.26. The van der Waals surface area contributed by atoms with E-state index in [9.17, 15) is 9.50 Å². The Labute approximate surface area is 208 Å². The Kier molecular flexibility index (Phi) is 4.78. The molecule has 2 unspecified atom stereocenters. The molecule has 2 atom stereocenters. The average molecular weight is 489 g/mol. The number of anilines is 2. The van der Waals surface area contributed by atoms with E-state index in [-0.39, 0.29) is 23.8 Å². The molecule has 2 bridgehead atoms. The van der Waals surface area contributed by atoms with Gasteiger partial charge in [-0.15, -0.1) is 0 Å². The summed E-state index contributed by atoms with van der Waals surface area (Å²) in [5.74, 6) is 1.03. The van der Waals surface area contributed by atoms with Gasteiger partial charge in [0.25, 0.3) is 0 Å². The number of piperazine rings is 1. The molecule has 9 nitrogen and oxygen atoms in total. The van der Waals surface area contributed by atoms with E-state index in [2.05, 4.69) is 25.1 Å². The molecule has 1 aromatic carbocycles. The van der Waals surface area contributed by atoms with Crippen molar-refractivity contribution in [1.29, 1.82) is 0 Å². The minimum absolute atomic E-state index is 0.0113. The van der Waals surface area contributed by atoms with E-state index in [4.69, 9.17) is 16.1 Å². The fourth-order valence-corrected chi connectivity index (χ4v) is 5.40. The van der Waals surface area contributed by atoms with Crippen LogP contribution < -0.4 is 10.2 Å². The van der Waals surface area contributed by atoms with Crippen molar-refractivity contribution in [1.82, 2.24) is 24.8 Å². The number of benzene rings is 1. The zero-order chi connectivity index (χ0) is 25.1. The number of pyridine rings is 1. The van der Waals surface area contributed by atoms with Crippen molar-refractivity contribution in [3.63, 3.8) is 0 Å². The van der Waals surface area contributed by atoms with Gasteiger partial charge in [0.05, 0.1) is 26.3 Å². The topological polar surface area (TPSA) is 102 Å². The quantitative estimate of drug-likeness (QED) is 0.381. The highest BCUT2D eigenvalue weighted by Crippen LogP contribution is 2.37. The molecule has 4 aliphatic heterocycles. The minimum atomic E-state index is -0.364. The molecule has 4 saturated heterocycles. The summed E-state index contributed by atoms with van der Waals surface area (Å²) < 4.78 is 27.5. The van der Waals surface area contributed by atoms with Crippen LogP contribution in [0.25, 0.3) is 22.3 Å². The monoisotopic (exact) mass is 488 g/mol. The van der Waals surface area contributed by atoms with Gasteiger partial charge < -0.3 is 25.0 Å². The van der Waals surface area contributed by atoms with Crippen LogP contribution in [0.5, 0.6) is 5.75 Å². The maximum Gasteiger partial charge on any atom is 0.225 e. The number of aromatic hydroxyl groups is 1. The first-order valence-electron chi connectivity index (χ1n) is 12.7. The highest BCUT2D eigenvalue weighted by Gasteiger charge is 2.45. The predicted octanol–water partition coefficient (Wildman–Crippen LogP) is 3.14. The summed E-state index contributed by atoms with van der Waals surface area (Å²) in [7, 11) is 0. The van der Waals surface area contributed by atoms with Gasteiger partial charge in [0.2, 0.25) is 5.95 Å². The lowest BCUT2D eigenvalue weighted by Crippen LogP contribution is -2.68. The number of piperidine rings is 1. The van der Waals surface area contributed by atoms with Crippen molar-refractivity contribution in [3.05, 3.63) is 60.1 Å². The molecular formula is C26H26FN7O2. The third-order valence-electron chi connectivity index (χ3n) is 7.45. The van der Waals surface area contributed by atoms with Crippen LogP contribution in [0.2, 0.25) is 0 Å². The molecular weight excluding hydrogens is 461 g/mol. The molecule has 10 heteroatoms. The van der Waals surface area contributed by atoms with Crippen molar-refractivity contribution in [2.45, 2.75) is 31.1 Å². The van der Waals surface area contributed by atoms with Gasteiger partial charge in [-0.05, 0) is 36.8 Å². The van der Waals surface area contributed by atoms with E-state index in [0.29, 0.717) is 49.0 Å². The molecule has 0 saturated carbocycles. The molecule has 3 aromatic heterocycles. The molecule has 0 spiro atoms. The molecule has 4 fully saturated rings. The van der Waals surface area contributed by atoms with Gasteiger partial charge in [0.1, 0.15) is 23.0 Å². The first-order chi connectivity index (χ1) is 18.0. The maximum atomic E-state index is 14.2. The first kappa shape index (κ1) is 20.4. The van der Waals surface area contributed by atoms with Crippen LogP contribution in [0.15, 0.2) is 48.8 Å². The molecule has 184 valence electrons. The number of ether oxygens (including phenoxy) is 1. The lowest BCUT2D eigenvalue weighted by atomic mass is 9.86. The Morgan fingerprint density at radius 1 is 1.17 bits per heavy atom. The third-order valence-corrected chi connectivity index (χ3v) is 7.45. The molecule has 0 amide bonds. The highest BCUT2D eigenvalue weighted by molar-refractivity contribution is 5.91. The second kappa shape index (κ2) is 8.42. The summed E-state index contributed by atoms with van der Waals surface area (Å²) in [5.41, 5.74) is 2.54. The summed E-state index contributed by atoms with van der Waals surface area (Å²) in [5, 5.41) is 14.2. The summed E-state index contributed by atoms with van der Waals surface area (Å²) in [6, 6.07) is 11.0. The van der Waals surface area contributed by atoms with Gasteiger partial charge in [0, 0.05) is 60.6 Å². The van der Waals surface area contributed by atoms with E-state index < -0.39 is 0 Å². The summed E-state index contributed by atoms with van der Waals surface area (Å²) in [4.78, 5) is 21.5. The number of aromatic amines is 1. The molecule has 8 rings (SSSR count). The van der Waals surface area contributed by atoms with Crippen molar-refractivity contribution in [3.8, 4) is 17.0 Å². The van der Waals surface area contributed by atoms with Crippen molar-refractivity contribution in [2.24, 2.45) is 0 Å². The van der Waals surface area contributed by atoms with Crippen LogP contribution in [0.4, 0.5) is 16.2 Å². The lowest BCUT2D eigenvalue weighted by Gasteiger charge is -2.56. The predicted molar refractivity (Wildman–Crippen MR) is 133 cm³/mol. The Bertz CT molecular complexity index is 1440. The number of halogens is 1. The molecule has 7 heterocycles. The fourth-order valence-electron chi connectivity index (χ4n) is 5.40. The Morgan fingerprint density at radius 3 is 2.75 bits per heavy atom.